The van der Waals surface area contributed by atoms with Gasteiger partial charge in [-0.25, -0.2) is 9.97 Å². The van der Waals surface area contributed by atoms with Crippen molar-refractivity contribution in [3.05, 3.63) is 30.7 Å². The van der Waals surface area contributed by atoms with Gasteiger partial charge >= 0.3 is 0 Å². The van der Waals surface area contributed by atoms with Crippen LogP contribution in [0.3, 0.4) is 0 Å². The van der Waals surface area contributed by atoms with Gasteiger partial charge < -0.3 is 10.2 Å². The normalized spacial score (nSPS) is 14.7. The second-order valence-corrected chi connectivity index (χ2v) is 3.96. The molecular formula is C12H16N4O. The highest BCUT2D eigenvalue weighted by Crippen LogP contribution is 2.12. The molecule has 5 heteroatoms. The van der Waals surface area contributed by atoms with Crippen LogP contribution in [0.1, 0.15) is 23.3 Å². The molecule has 0 aromatic carbocycles. The van der Waals surface area contributed by atoms with Crippen LogP contribution in [0.5, 0.6) is 0 Å². The van der Waals surface area contributed by atoms with Crippen LogP contribution in [0.25, 0.3) is 0 Å². The first-order valence-electron chi connectivity index (χ1n) is 5.77. The third-order valence-corrected chi connectivity index (χ3v) is 2.71. The highest BCUT2D eigenvalue weighted by molar-refractivity contribution is 5.93. The van der Waals surface area contributed by atoms with Gasteiger partial charge in [0.05, 0.1) is 0 Å². The van der Waals surface area contributed by atoms with E-state index in [0.29, 0.717) is 18.1 Å². The average molecular weight is 232 g/mol. The summed E-state index contributed by atoms with van der Waals surface area (Å²) < 4.78 is 0. The number of amides is 1. The molecule has 1 aliphatic heterocycles. The predicted molar refractivity (Wildman–Crippen MR) is 65.9 cm³/mol. The van der Waals surface area contributed by atoms with Crippen LogP contribution in [-0.2, 0) is 0 Å². The van der Waals surface area contributed by atoms with E-state index in [1.807, 2.05) is 4.90 Å². The van der Waals surface area contributed by atoms with Gasteiger partial charge in [0.15, 0.2) is 0 Å². The number of aromatic nitrogens is 2. The van der Waals surface area contributed by atoms with Gasteiger partial charge in [-0.3, -0.25) is 4.79 Å². The molecule has 1 aromatic rings. The number of carbonyl (C=O) groups is 1. The van der Waals surface area contributed by atoms with Crippen molar-refractivity contribution in [2.45, 2.75) is 12.8 Å². The molecule has 2 rings (SSSR count). The first-order valence-corrected chi connectivity index (χ1v) is 5.77. The van der Waals surface area contributed by atoms with Crippen LogP contribution < -0.4 is 5.32 Å². The van der Waals surface area contributed by atoms with Gasteiger partial charge in [0.2, 0.25) is 0 Å². The zero-order valence-electron chi connectivity index (χ0n) is 9.72. The summed E-state index contributed by atoms with van der Waals surface area (Å²) >= 11 is 0. The fourth-order valence-corrected chi connectivity index (χ4v) is 1.83. The summed E-state index contributed by atoms with van der Waals surface area (Å²) in [4.78, 5) is 22.0. The molecule has 1 aromatic heterocycles. The second-order valence-electron chi connectivity index (χ2n) is 3.96. The highest BCUT2D eigenvalue weighted by Gasteiger charge is 2.20. The quantitative estimate of drug-likeness (QED) is 0.795. The molecule has 0 aliphatic carbocycles. The Labute approximate surface area is 101 Å². The van der Waals surface area contributed by atoms with Crippen molar-refractivity contribution in [1.82, 2.24) is 14.9 Å². The summed E-state index contributed by atoms with van der Waals surface area (Å²) in [6, 6.07) is 1.68. The van der Waals surface area contributed by atoms with E-state index < -0.39 is 0 Å². The van der Waals surface area contributed by atoms with E-state index in [4.69, 9.17) is 0 Å². The molecule has 0 unspecified atom stereocenters. The maximum absolute atomic E-state index is 12.1. The Hall–Kier alpha value is -1.91. The molecule has 90 valence electrons. The molecule has 1 N–H and O–H groups in total. The molecule has 0 bridgehead atoms. The van der Waals surface area contributed by atoms with Gasteiger partial charge in [-0.15, -0.1) is 6.58 Å². The molecule has 0 radical (unpaired) electrons. The Kier molecular flexibility index (Phi) is 3.69. The zero-order valence-corrected chi connectivity index (χ0v) is 9.72. The highest BCUT2D eigenvalue weighted by atomic mass is 16.2. The lowest BCUT2D eigenvalue weighted by molar-refractivity contribution is 0.0787. The first kappa shape index (κ1) is 11.6. The molecule has 1 amide bonds. The smallest absolute Gasteiger partial charge is 0.272 e. The number of carbonyl (C=O) groups excluding carboxylic acids is 1. The molecule has 0 saturated carbocycles. The number of nitrogens with one attached hydrogen (secondary N) is 1. The summed E-state index contributed by atoms with van der Waals surface area (Å²) in [5.41, 5.74) is 0.452. The van der Waals surface area contributed by atoms with Crippen LogP contribution in [0.4, 0.5) is 5.82 Å². The number of hydrogen-bond acceptors (Lipinski definition) is 4. The predicted octanol–water partition coefficient (Wildman–Crippen LogP) is 1.31. The molecule has 5 nitrogen and oxygen atoms in total. The van der Waals surface area contributed by atoms with Gasteiger partial charge in [-0.05, 0) is 12.8 Å². The maximum Gasteiger partial charge on any atom is 0.272 e. The first-order chi connectivity index (χ1) is 8.31. The van der Waals surface area contributed by atoms with Crippen LogP contribution >= 0.6 is 0 Å². The Balaban J connectivity index is 2.08. The van der Waals surface area contributed by atoms with Crippen LogP contribution in [0.2, 0.25) is 0 Å². The largest absolute Gasteiger partial charge is 0.366 e. The lowest BCUT2D eigenvalue weighted by Crippen LogP contribution is -2.28. The fraction of sp³-hybridized carbons (Fsp3) is 0.417. The number of nitrogens with zero attached hydrogens (tertiary/aromatic N) is 3. The Morgan fingerprint density at radius 1 is 1.47 bits per heavy atom. The van der Waals surface area contributed by atoms with Crippen molar-refractivity contribution >= 4 is 11.7 Å². The van der Waals surface area contributed by atoms with E-state index in [2.05, 4.69) is 21.9 Å². The van der Waals surface area contributed by atoms with Crippen molar-refractivity contribution in [3.63, 3.8) is 0 Å². The Morgan fingerprint density at radius 2 is 2.24 bits per heavy atom. The number of anilines is 1. The van der Waals surface area contributed by atoms with Gasteiger partial charge in [0.25, 0.3) is 5.91 Å². The summed E-state index contributed by atoms with van der Waals surface area (Å²) in [7, 11) is 0. The minimum absolute atomic E-state index is 0.00782. The molecule has 1 aliphatic rings. The monoisotopic (exact) mass is 232 g/mol. The minimum Gasteiger partial charge on any atom is -0.366 e. The van der Waals surface area contributed by atoms with Crippen LogP contribution in [-0.4, -0.2) is 40.4 Å². The van der Waals surface area contributed by atoms with Gasteiger partial charge in [0.1, 0.15) is 17.8 Å². The average Bonchev–Trinajstić information content (AvgIpc) is 2.89. The molecule has 0 atom stereocenters. The van der Waals surface area contributed by atoms with Gasteiger partial charge in [-0.1, -0.05) is 6.08 Å². The van der Waals surface area contributed by atoms with E-state index in [9.17, 15) is 4.79 Å². The minimum atomic E-state index is -0.00782. The standard InChI is InChI=1S/C12H16N4O/c1-2-5-13-11-8-10(14-9-15-11)12(17)16-6-3-4-7-16/h2,8-9H,1,3-7H2,(H,13,14,15). The lowest BCUT2D eigenvalue weighted by Gasteiger charge is -2.14. The van der Waals surface area contributed by atoms with Crippen molar-refractivity contribution in [1.29, 1.82) is 0 Å². The summed E-state index contributed by atoms with van der Waals surface area (Å²) in [5, 5.41) is 3.04. The van der Waals surface area contributed by atoms with E-state index in [-0.39, 0.29) is 5.91 Å². The Bertz CT molecular complexity index is 413. The van der Waals surface area contributed by atoms with Crippen LogP contribution in [0.15, 0.2) is 25.0 Å². The van der Waals surface area contributed by atoms with E-state index in [1.165, 1.54) is 6.33 Å². The lowest BCUT2D eigenvalue weighted by atomic mass is 10.3. The Morgan fingerprint density at radius 3 is 2.94 bits per heavy atom. The molecule has 1 saturated heterocycles. The summed E-state index contributed by atoms with van der Waals surface area (Å²) in [6.07, 6.45) is 5.32. The van der Waals surface area contributed by atoms with Gasteiger partial charge in [0, 0.05) is 25.7 Å². The molecule has 17 heavy (non-hydrogen) atoms. The van der Waals surface area contributed by atoms with Crippen LogP contribution in [0, 0.1) is 0 Å². The summed E-state index contributed by atoms with van der Waals surface area (Å²) in [5.74, 6) is 0.647. The molecular weight excluding hydrogens is 216 g/mol. The van der Waals surface area contributed by atoms with Crippen molar-refractivity contribution in [2.75, 3.05) is 25.0 Å². The third-order valence-electron chi connectivity index (χ3n) is 2.71. The maximum atomic E-state index is 12.1. The number of rotatable bonds is 4. The molecule has 2 heterocycles. The molecule has 1 fully saturated rings. The number of hydrogen-bond donors (Lipinski definition) is 1. The second kappa shape index (κ2) is 5.43. The van der Waals surface area contributed by atoms with Crippen molar-refractivity contribution < 1.29 is 4.79 Å². The topological polar surface area (TPSA) is 58.1 Å². The SMILES string of the molecule is C=CCNc1cc(C(=O)N2CCCC2)ncn1. The fourth-order valence-electron chi connectivity index (χ4n) is 1.83. The molecule has 0 spiro atoms. The van der Waals surface area contributed by atoms with E-state index in [1.54, 1.807) is 12.1 Å². The third kappa shape index (κ3) is 2.81. The zero-order chi connectivity index (χ0) is 12.1. The van der Waals surface area contributed by atoms with Crippen molar-refractivity contribution in [3.8, 4) is 0 Å². The van der Waals surface area contributed by atoms with Crippen molar-refractivity contribution in [2.24, 2.45) is 0 Å². The number of likely N-dealkylation sites (tertiary alicyclic amines) is 1. The van der Waals surface area contributed by atoms with E-state index in [0.717, 1.165) is 25.9 Å². The van der Waals surface area contributed by atoms with E-state index >= 15 is 0 Å². The summed E-state index contributed by atoms with van der Waals surface area (Å²) in [6.45, 7) is 5.90. The van der Waals surface area contributed by atoms with Gasteiger partial charge in [-0.2, -0.15) is 0 Å².